The molecule has 1 aromatic heterocycles. The predicted molar refractivity (Wildman–Crippen MR) is 70.0 cm³/mol. The molecule has 0 fully saturated rings. The molecule has 0 aliphatic rings. The van der Waals surface area contributed by atoms with Gasteiger partial charge in [0.05, 0.1) is 0 Å². The minimum atomic E-state index is -0.0219. The monoisotopic (exact) mass is 243 g/mol. The Kier molecular flexibility index (Phi) is 3.77. The van der Waals surface area contributed by atoms with Crippen LogP contribution >= 0.6 is 0 Å². The van der Waals surface area contributed by atoms with Crippen molar-refractivity contribution in [3.8, 4) is 0 Å². The molecule has 1 aromatic carbocycles. The Bertz CT molecular complexity index is 491. The number of aromatic nitrogens is 2. The molecule has 0 atom stereocenters. The number of H-pyrrole nitrogens is 1. The largest absolute Gasteiger partial charge is 0.331 e. The minimum absolute atomic E-state index is 0.0219. The molecule has 1 amide bonds. The van der Waals surface area contributed by atoms with E-state index >= 15 is 0 Å². The lowest BCUT2D eigenvalue weighted by Gasteiger charge is -2.26. The van der Waals surface area contributed by atoms with Gasteiger partial charge in [-0.05, 0) is 25.5 Å². The Hall–Kier alpha value is -2.10. The zero-order valence-corrected chi connectivity index (χ0v) is 10.6. The summed E-state index contributed by atoms with van der Waals surface area (Å²) >= 11 is 0. The van der Waals surface area contributed by atoms with Crippen LogP contribution in [0.15, 0.2) is 42.6 Å². The highest BCUT2D eigenvalue weighted by Gasteiger charge is 2.19. The van der Waals surface area contributed by atoms with Crippen molar-refractivity contribution >= 4 is 5.91 Å². The summed E-state index contributed by atoms with van der Waals surface area (Å²) in [5, 5.41) is 6.54. The summed E-state index contributed by atoms with van der Waals surface area (Å²) in [6.45, 7) is 4.63. The van der Waals surface area contributed by atoms with Crippen molar-refractivity contribution < 1.29 is 4.79 Å². The van der Waals surface area contributed by atoms with Gasteiger partial charge < -0.3 is 4.90 Å². The van der Waals surface area contributed by atoms with E-state index in [-0.39, 0.29) is 11.9 Å². The number of nitrogens with one attached hydrogen (secondary N) is 1. The van der Waals surface area contributed by atoms with E-state index in [1.165, 1.54) is 0 Å². The molecule has 1 N–H and O–H groups in total. The van der Waals surface area contributed by atoms with Crippen LogP contribution in [0, 0.1) is 0 Å². The van der Waals surface area contributed by atoms with Crippen molar-refractivity contribution in [1.82, 2.24) is 15.1 Å². The second-order valence-electron chi connectivity index (χ2n) is 4.48. The number of carbonyl (C=O) groups is 1. The van der Waals surface area contributed by atoms with Crippen molar-refractivity contribution in [2.45, 2.75) is 26.4 Å². The Morgan fingerprint density at radius 1 is 1.28 bits per heavy atom. The number of benzene rings is 1. The van der Waals surface area contributed by atoms with Gasteiger partial charge in [0.1, 0.15) is 5.69 Å². The zero-order chi connectivity index (χ0) is 13.0. The van der Waals surface area contributed by atoms with Gasteiger partial charge in [0.25, 0.3) is 5.91 Å². The van der Waals surface area contributed by atoms with E-state index in [1.54, 1.807) is 12.3 Å². The van der Waals surface area contributed by atoms with Crippen molar-refractivity contribution in [3.05, 3.63) is 53.9 Å². The third kappa shape index (κ3) is 2.77. The molecule has 0 unspecified atom stereocenters. The predicted octanol–water partition coefficient (Wildman–Crippen LogP) is 2.46. The normalized spacial score (nSPS) is 10.6. The fourth-order valence-corrected chi connectivity index (χ4v) is 1.80. The first-order valence-corrected chi connectivity index (χ1v) is 6.02. The molecule has 2 aromatic rings. The average Bonchev–Trinajstić information content (AvgIpc) is 2.90. The van der Waals surface area contributed by atoms with Crippen LogP contribution in [0.2, 0.25) is 0 Å². The van der Waals surface area contributed by atoms with Crippen LogP contribution in [0.1, 0.15) is 29.9 Å². The van der Waals surface area contributed by atoms with Crippen LogP contribution in [0.5, 0.6) is 0 Å². The quantitative estimate of drug-likeness (QED) is 0.896. The second-order valence-corrected chi connectivity index (χ2v) is 4.48. The Balaban J connectivity index is 2.17. The fourth-order valence-electron chi connectivity index (χ4n) is 1.80. The second kappa shape index (κ2) is 5.49. The summed E-state index contributed by atoms with van der Waals surface area (Å²) in [5.41, 5.74) is 1.65. The molecule has 1 heterocycles. The van der Waals surface area contributed by atoms with Gasteiger partial charge in [0, 0.05) is 18.8 Å². The maximum atomic E-state index is 12.3. The number of hydrogen-bond acceptors (Lipinski definition) is 2. The highest BCUT2D eigenvalue weighted by molar-refractivity contribution is 5.92. The molecule has 0 radical (unpaired) electrons. The molecule has 0 spiro atoms. The Morgan fingerprint density at radius 3 is 2.56 bits per heavy atom. The number of nitrogens with zero attached hydrogens (tertiary/aromatic N) is 2. The molecule has 0 aliphatic heterocycles. The van der Waals surface area contributed by atoms with Gasteiger partial charge in [0.2, 0.25) is 0 Å². The van der Waals surface area contributed by atoms with Gasteiger partial charge in [-0.2, -0.15) is 5.10 Å². The molecule has 4 nitrogen and oxygen atoms in total. The smallest absolute Gasteiger partial charge is 0.272 e. The van der Waals surface area contributed by atoms with Crippen molar-refractivity contribution in [1.29, 1.82) is 0 Å². The van der Waals surface area contributed by atoms with Crippen LogP contribution < -0.4 is 0 Å². The third-order valence-corrected chi connectivity index (χ3v) is 2.81. The molecule has 4 heteroatoms. The highest BCUT2D eigenvalue weighted by Crippen LogP contribution is 2.11. The lowest BCUT2D eigenvalue weighted by Crippen LogP contribution is -2.36. The van der Waals surface area contributed by atoms with Crippen molar-refractivity contribution in [2.75, 3.05) is 0 Å². The average molecular weight is 243 g/mol. The van der Waals surface area contributed by atoms with E-state index in [2.05, 4.69) is 10.2 Å². The number of amides is 1. The first kappa shape index (κ1) is 12.4. The van der Waals surface area contributed by atoms with E-state index < -0.39 is 0 Å². The number of rotatable bonds is 4. The lowest BCUT2D eigenvalue weighted by molar-refractivity contribution is 0.0684. The van der Waals surface area contributed by atoms with Gasteiger partial charge >= 0.3 is 0 Å². The topological polar surface area (TPSA) is 49.0 Å². The van der Waals surface area contributed by atoms with E-state index in [4.69, 9.17) is 0 Å². The molecule has 0 bridgehead atoms. The number of hydrogen-bond donors (Lipinski definition) is 1. The zero-order valence-electron chi connectivity index (χ0n) is 10.6. The van der Waals surface area contributed by atoms with E-state index in [0.717, 1.165) is 5.56 Å². The lowest BCUT2D eigenvalue weighted by atomic mass is 10.2. The van der Waals surface area contributed by atoms with Gasteiger partial charge in [-0.25, -0.2) is 0 Å². The molecule has 18 heavy (non-hydrogen) atoms. The van der Waals surface area contributed by atoms with Crippen LogP contribution in [0.25, 0.3) is 0 Å². The van der Waals surface area contributed by atoms with Crippen LogP contribution in [-0.2, 0) is 6.54 Å². The fraction of sp³-hybridized carbons (Fsp3) is 0.286. The summed E-state index contributed by atoms with van der Waals surface area (Å²) in [6, 6.07) is 11.8. The van der Waals surface area contributed by atoms with Crippen LogP contribution in [0.4, 0.5) is 0 Å². The molecule has 2 rings (SSSR count). The van der Waals surface area contributed by atoms with E-state index in [0.29, 0.717) is 12.2 Å². The van der Waals surface area contributed by atoms with Crippen LogP contribution in [-0.4, -0.2) is 27.0 Å². The van der Waals surface area contributed by atoms with Gasteiger partial charge in [0.15, 0.2) is 0 Å². The molecule has 0 saturated heterocycles. The molecular formula is C14H17N3O. The molecule has 0 saturated carbocycles. The highest BCUT2D eigenvalue weighted by atomic mass is 16.2. The summed E-state index contributed by atoms with van der Waals surface area (Å²) in [4.78, 5) is 14.1. The summed E-state index contributed by atoms with van der Waals surface area (Å²) in [5.74, 6) is -0.0219. The number of aromatic amines is 1. The van der Waals surface area contributed by atoms with Crippen molar-refractivity contribution in [2.24, 2.45) is 0 Å². The van der Waals surface area contributed by atoms with Crippen molar-refractivity contribution in [3.63, 3.8) is 0 Å². The van der Waals surface area contributed by atoms with E-state index in [1.807, 2.05) is 49.1 Å². The van der Waals surface area contributed by atoms with Gasteiger partial charge in [-0.3, -0.25) is 9.89 Å². The summed E-state index contributed by atoms with van der Waals surface area (Å²) < 4.78 is 0. The Labute approximate surface area is 107 Å². The molecule has 0 aliphatic carbocycles. The van der Waals surface area contributed by atoms with E-state index in [9.17, 15) is 4.79 Å². The molecular weight excluding hydrogens is 226 g/mol. The Morgan fingerprint density at radius 2 is 2.00 bits per heavy atom. The maximum absolute atomic E-state index is 12.3. The van der Waals surface area contributed by atoms with Crippen LogP contribution in [0.3, 0.4) is 0 Å². The minimum Gasteiger partial charge on any atom is -0.331 e. The summed E-state index contributed by atoms with van der Waals surface area (Å²) in [6.07, 6.45) is 1.59. The first-order valence-electron chi connectivity index (χ1n) is 6.02. The summed E-state index contributed by atoms with van der Waals surface area (Å²) in [7, 11) is 0. The SMILES string of the molecule is CC(C)N(Cc1ccccc1)C(=O)c1ccn[nH]1. The first-order chi connectivity index (χ1) is 8.68. The number of carbonyl (C=O) groups excluding carboxylic acids is 1. The van der Waals surface area contributed by atoms with Gasteiger partial charge in [-0.1, -0.05) is 30.3 Å². The van der Waals surface area contributed by atoms with Gasteiger partial charge in [-0.15, -0.1) is 0 Å². The standard InChI is InChI=1S/C14H17N3O/c1-11(2)17(10-12-6-4-3-5-7-12)14(18)13-8-9-15-16-13/h3-9,11H,10H2,1-2H3,(H,15,16). The third-order valence-electron chi connectivity index (χ3n) is 2.81. The maximum Gasteiger partial charge on any atom is 0.272 e. The molecule has 94 valence electrons.